The van der Waals surface area contributed by atoms with Crippen LogP contribution in [0.15, 0.2) is 12.1 Å². The van der Waals surface area contributed by atoms with Crippen LogP contribution in [0.1, 0.15) is 64.8 Å². The van der Waals surface area contributed by atoms with Crippen LogP contribution in [-0.4, -0.2) is 40.7 Å². The van der Waals surface area contributed by atoms with Gasteiger partial charge in [0, 0.05) is 43.5 Å². The lowest BCUT2D eigenvalue weighted by Gasteiger charge is -2.31. The molecule has 5 nitrogen and oxygen atoms in total. The molecule has 2 fully saturated rings. The van der Waals surface area contributed by atoms with E-state index in [2.05, 4.69) is 54.3 Å². The maximum absolute atomic E-state index is 12.9. The summed E-state index contributed by atoms with van der Waals surface area (Å²) < 4.78 is 3.35. The van der Waals surface area contributed by atoms with Crippen molar-refractivity contribution < 1.29 is 4.79 Å². The number of nitrogens with one attached hydrogen (secondary N) is 1. The number of anilines is 2. The molecular formula is C23H34N4OS2. The number of carbonyl (C=O) groups is 1. The molecule has 2 aliphatic heterocycles. The molecule has 3 heterocycles. The van der Waals surface area contributed by atoms with Gasteiger partial charge in [-0.2, -0.15) is 0 Å². The van der Waals surface area contributed by atoms with Gasteiger partial charge in [0.05, 0.1) is 26.6 Å². The highest BCUT2D eigenvalue weighted by Gasteiger charge is 2.24. The molecule has 0 unspecified atom stereocenters. The molecule has 164 valence electrons. The Kier molecular flexibility index (Phi) is 6.61. The van der Waals surface area contributed by atoms with E-state index in [1.165, 1.54) is 44.1 Å². The fourth-order valence-electron chi connectivity index (χ4n) is 4.11. The Bertz CT molecular complexity index is 890. The third-order valence-electron chi connectivity index (χ3n) is 6.04. The fourth-order valence-corrected chi connectivity index (χ4v) is 5.93. The van der Waals surface area contributed by atoms with Crippen LogP contribution < -0.4 is 10.2 Å². The quantitative estimate of drug-likeness (QED) is 0.546. The molecule has 1 aromatic carbocycles. The highest BCUT2D eigenvalue weighted by molar-refractivity contribution is 8.11. The first-order valence-corrected chi connectivity index (χ1v) is 12.8. The van der Waals surface area contributed by atoms with Gasteiger partial charge in [-0.25, -0.2) is 9.29 Å². The number of carbonyl (C=O) groups excluding carboxylic acids is 1. The van der Waals surface area contributed by atoms with Gasteiger partial charge in [-0.15, -0.1) is 11.3 Å². The van der Waals surface area contributed by atoms with Crippen LogP contribution in [0, 0.1) is 5.92 Å². The predicted molar refractivity (Wildman–Crippen MR) is 131 cm³/mol. The number of rotatable bonds is 3. The molecule has 1 N–H and O–H groups in total. The fraction of sp³-hybridized carbons (Fsp3) is 0.652. The number of fused-ring (bicyclic) bond motifs is 1. The van der Waals surface area contributed by atoms with E-state index in [0.717, 1.165) is 58.7 Å². The molecule has 1 aromatic heterocycles. The van der Waals surface area contributed by atoms with Crippen LogP contribution >= 0.6 is 23.3 Å². The van der Waals surface area contributed by atoms with Crippen LogP contribution in [0.2, 0.25) is 0 Å². The number of nitrogens with zero attached hydrogens (tertiary/aromatic N) is 3. The van der Waals surface area contributed by atoms with Crippen molar-refractivity contribution in [3.05, 3.63) is 17.1 Å². The Morgan fingerprint density at radius 3 is 2.50 bits per heavy atom. The maximum Gasteiger partial charge on any atom is 0.298 e. The molecule has 1 amide bonds. The lowest BCUT2D eigenvalue weighted by atomic mass is 9.98. The number of hydrogen-bond donors (Lipinski definition) is 1. The summed E-state index contributed by atoms with van der Waals surface area (Å²) >= 11 is 3.08. The Labute approximate surface area is 188 Å². The van der Waals surface area contributed by atoms with Crippen molar-refractivity contribution >= 4 is 50.1 Å². The summed E-state index contributed by atoms with van der Waals surface area (Å²) in [5.74, 6) is 0.765. The third-order valence-corrected chi connectivity index (χ3v) is 8.37. The molecule has 0 aliphatic carbocycles. The van der Waals surface area contributed by atoms with Gasteiger partial charge in [0.2, 0.25) is 0 Å². The first kappa shape index (κ1) is 21.9. The van der Waals surface area contributed by atoms with Gasteiger partial charge in [0.15, 0.2) is 0 Å². The maximum atomic E-state index is 12.9. The molecule has 2 aromatic rings. The average Bonchev–Trinajstić information content (AvgIpc) is 3.13. The van der Waals surface area contributed by atoms with Crippen LogP contribution in [-0.2, 0) is 5.41 Å². The standard InChI is InChI=1S/C23H34N4OS2/c1-16-8-12-27(13-9-16)30-22(28)25-17-15-20-18(24-21(29-20)23(2,3)4)14-19(17)26-10-6-5-7-11-26/h14-16H,5-13H2,1-4H3,(H,25,28). The van der Waals surface area contributed by atoms with Crippen LogP contribution in [0.5, 0.6) is 0 Å². The average molecular weight is 447 g/mol. The van der Waals surface area contributed by atoms with Gasteiger partial charge in [0.25, 0.3) is 5.24 Å². The van der Waals surface area contributed by atoms with E-state index >= 15 is 0 Å². The van der Waals surface area contributed by atoms with Crippen LogP contribution in [0.3, 0.4) is 0 Å². The Hall–Kier alpha value is -1.31. The molecule has 0 bridgehead atoms. The second-order valence-corrected chi connectivity index (χ2v) is 11.9. The van der Waals surface area contributed by atoms with Gasteiger partial charge < -0.3 is 10.2 Å². The molecule has 0 atom stereocenters. The minimum atomic E-state index is 0.0164. The molecule has 30 heavy (non-hydrogen) atoms. The largest absolute Gasteiger partial charge is 0.370 e. The second kappa shape index (κ2) is 9.05. The molecule has 0 radical (unpaired) electrons. The van der Waals surface area contributed by atoms with Crippen molar-refractivity contribution in [2.24, 2.45) is 5.92 Å². The number of aromatic nitrogens is 1. The van der Waals surface area contributed by atoms with Gasteiger partial charge in [-0.3, -0.25) is 4.79 Å². The Morgan fingerprint density at radius 1 is 1.13 bits per heavy atom. The van der Waals surface area contributed by atoms with E-state index in [0.29, 0.717) is 0 Å². The summed E-state index contributed by atoms with van der Waals surface area (Å²) in [6.07, 6.45) is 6.03. The van der Waals surface area contributed by atoms with E-state index in [4.69, 9.17) is 4.98 Å². The minimum Gasteiger partial charge on any atom is -0.370 e. The van der Waals surface area contributed by atoms with E-state index in [1.54, 1.807) is 11.3 Å². The van der Waals surface area contributed by atoms with Crippen molar-refractivity contribution in [1.82, 2.24) is 9.29 Å². The first-order valence-electron chi connectivity index (χ1n) is 11.2. The summed E-state index contributed by atoms with van der Waals surface area (Å²) in [5, 5.41) is 4.38. The summed E-state index contributed by atoms with van der Waals surface area (Å²) in [6, 6.07) is 4.33. The molecule has 0 spiro atoms. The first-order chi connectivity index (χ1) is 14.3. The van der Waals surface area contributed by atoms with Crippen molar-refractivity contribution in [3.63, 3.8) is 0 Å². The zero-order chi connectivity index (χ0) is 21.3. The number of benzene rings is 1. The molecule has 4 rings (SSSR count). The Balaban J connectivity index is 1.59. The molecular weight excluding hydrogens is 412 g/mol. The highest BCUT2D eigenvalue weighted by atomic mass is 32.2. The summed E-state index contributed by atoms with van der Waals surface area (Å²) in [6.45, 7) is 13.0. The highest BCUT2D eigenvalue weighted by Crippen LogP contribution is 2.38. The topological polar surface area (TPSA) is 48.5 Å². The summed E-state index contributed by atoms with van der Waals surface area (Å²) in [7, 11) is 0. The van der Waals surface area contributed by atoms with Crippen molar-refractivity contribution in [1.29, 1.82) is 0 Å². The van der Waals surface area contributed by atoms with Gasteiger partial charge in [0.1, 0.15) is 0 Å². The van der Waals surface area contributed by atoms with Gasteiger partial charge in [-0.1, -0.05) is 27.7 Å². The zero-order valence-electron chi connectivity index (χ0n) is 18.7. The SMILES string of the molecule is CC1CCN(SC(=O)Nc2cc3sc(C(C)(C)C)nc3cc2N2CCCCC2)CC1. The van der Waals surface area contributed by atoms with Crippen LogP contribution in [0.25, 0.3) is 10.2 Å². The van der Waals surface area contributed by atoms with E-state index in [1.807, 2.05) is 0 Å². The zero-order valence-corrected chi connectivity index (χ0v) is 20.3. The molecule has 7 heteroatoms. The third kappa shape index (κ3) is 5.11. The van der Waals surface area contributed by atoms with E-state index in [-0.39, 0.29) is 10.7 Å². The lowest BCUT2D eigenvalue weighted by Crippen LogP contribution is -2.31. The predicted octanol–water partition coefficient (Wildman–Crippen LogP) is 6.50. The lowest BCUT2D eigenvalue weighted by molar-refractivity contribution is 0.266. The van der Waals surface area contributed by atoms with Crippen molar-refractivity contribution in [3.8, 4) is 0 Å². The van der Waals surface area contributed by atoms with Crippen molar-refractivity contribution in [2.75, 3.05) is 36.4 Å². The smallest absolute Gasteiger partial charge is 0.298 e. The van der Waals surface area contributed by atoms with Crippen LogP contribution in [0.4, 0.5) is 16.2 Å². The molecule has 2 aliphatic rings. The summed E-state index contributed by atoms with van der Waals surface area (Å²) in [5.41, 5.74) is 3.12. The van der Waals surface area contributed by atoms with Crippen molar-refractivity contribution in [2.45, 2.75) is 65.2 Å². The molecule has 2 saturated heterocycles. The van der Waals surface area contributed by atoms with Gasteiger partial charge in [-0.05, 0) is 50.2 Å². The number of hydrogen-bond acceptors (Lipinski definition) is 6. The van der Waals surface area contributed by atoms with E-state index < -0.39 is 0 Å². The number of thiazole rings is 1. The van der Waals surface area contributed by atoms with Gasteiger partial charge >= 0.3 is 0 Å². The number of amides is 1. The summed E-state index contributed by atoms with van der Waals surface area (Å²) in [4.78, 5) is 20.2. The second-order valence-electron chi connectivity index (χ2n) is 9.77. The Morgan fingerprint density at radius 2 is 1.83 bits per heavy atom. The number of piperidine rings is 2. The normalized spacial score (nSPS) is 19.4. The minimum absolute atomic E-state index is 0.0164. The van der Waals surface area contributed by atoms with E-state index in [9.17, 15) is 4.79 Å². The monoisotopic (exact) mass is 446 g/mol. The molecule has 0 saturated carbocycles.